The Morgan fingerprint density at radius 2 is 1.92 bits per heavy atom. The second-order valence-electron chi connectivity index (χ2n) is 6.54. The van der Waals surface area contributed by atoms with E-state index < -0.39 is 0 Å². The molecule has 2 aromatic rings. The number of rotatable bonds is 4. The van der Waals surface area contributed by atoms with E-state index in [-0.39, 0.29) is 17.5 Å². The zero-order valence-electron chi connectivity index (χ0n) is 14.5. The van der Waals surface area contributed by atoms with E-state index in [2.05, 4.69) is 15.5 Å². The van der Waals surface area contributed by atoms with Crippen LogP contribution >= 0.6 is 11.6 Å². The summed E-state index contributed by atoms with van der Waals surface area (Å²) in [6.45, 7) is 0. The third kappa shape index (κ3) is 4.53. The van der Waals surface area contributed by atoms with Crippen LogP contribution in [-0.4, -0.2) is 22.1 Å². The number of halogens is 1. The van der Waals surface area contributed by atoms with Crippen LogP contribution in [0.5, 0.6) is 0 Å². The third-order valence-electron chi connectivity index (χ3n) is 4.66. The lowest BCUT2D eigenvalue weighted by Gasteiger charge is -2.15. The molecule has 1 aromatic heterocycles. The predicted octanol–water partition coefficient (Wildman–Crippen LogP) is 4.48. The molecule has 0 spiro atoms. The Hall–Kier alpha value is -2.58. The fourth-order valence-electron chi connectivity index (χ4n) is 3.24. The summed E-state index contributed by atoms with van der Waals surface area (Å²) in [7, 11) is 0. The molecular weight excluding hydrogens is 348 g/mol. The third-order valence-corrected chi connectivity index (χ3v) is 4.91. The monoisotopic (exact) mass is 368 g/mol. The average molecular weight is 369 g/mol. The minimum Gasteiger partial charge on any atom is -0.349 e. The molecule has 1 aliphatic carbocycles. The molecule has 0 radical (unpaired) electrons. The number of nitrogens with one attached hydrogen (secondary N) is 2. The molecule has 26 heavy (non-hydrogen) atoms. The fourth-order valence-corrected chi connectivity index (χ4v) is 3.37. The summed E-state index contributed by atoms with van der Waals surface area (Å²) < 4.78 is 0. The molecule has 0 saturated heterocycles. The van der Waals surface area contributed by atoms with Crippen LogP contribution in [0.15, 0.2) is 36.0 Å². The van der Waals surface area contributed by atoms with Gasteiger partial charge in [-0.2, -0.15) is 10.4 Å². The summed E-state index contributed by atoms with van der Waals surface area (Å²) in [4.78, 5) is 12.5. The average Bonchev–Trinajstić information content (AvgIpc) is 2.95. The molecule has 1 aromatic carbocycles. The first-order valence-corrected chi connectivity index (χ1v) is 9.27. The maximum atomic E-state index is 12.5. The highest BCUT2D eigenvalue weighted by Gasteiger charge is 2.18. The van der Waals surface area contributed by atoms with Gasteiger partial charge in [0, 0.05) is 22.2 Å². The number of carbonyl (C=O) groups excluding carboxylic acids is 1. The van der Waals surface area contributed by atoms with E-state index in [0.29, 0.717) is 10.6 Å². The van der Waals surface area contributed by atoms with Gasteiger partial charge >= 0.3 is 0 Å². The summed E-state index contributed by atoms with van der Waals surface area (Å²) in [5.74, 6) is -0.317. The number of benzene rings is 1. The Bertz CT molecular complexity index is 824. The van der Waals surface area contributed by atoms with Crippen molar-refractivity contribution < 1.29 is 4.79 Å². The van der Waals surface area contributed by atoms with Crippen LogP contribution in [0.1, 0.15) is 44.1 Å². The van der Waals surface area contributed by atoms with Gasteiger partial charge in [0.25, 0.3) is 5.91 Å². The summed E-state index contributed by atoms with van der Waals surface area (Å²) in [6, 6.07) is 9.48. The first-order valence-electron chi connectivity index (χ1n) is 8.89. The van der Waals surface area contributed by atoms with E-state index in [1.807, 2.05) is 18.2 Å². The molecule has 1 fully saturated rings. The van der Waals surface area contributed by atoms with Gasteiger partial charge in [0.05, 0.1) is 11.9 Å². The first-order chi connectivity index (χ1) is 12.7. The quantitative estimate of drug-likeness (QED) is 0.474. The van der Waals surface area contributed by atoms with Gasteiger partial charge < -0.3 is 5.32 Å². The summed E-state index contributed by atoms with van der Waals surface area (Å²) >= 11 is 5.93. The number of nitriles is 1. The van der Waals surface area contributed by atoms with Crippen LogP contribution in [0.4, 0.5) is 0 Å². The Kier molecular flexibility index (Phi) is 6.08. The molecule has 1 amide bonds. The van der Waals surface area contributed by atoms with Crippen LogP contribution in [0.3, 0.4) is 0 Å². The second kappa shape index (κ2) is 8.68. The highest BCUT2D eigenvalue weighted by atomic mass is 35.5. The lowest BCUT2D eigenvalue weighted by molar-refractivity contribution is -0.117. The summed E-state index contributed by atoms with van der Waals surface area (Å²) in [5, 5.41) is 20.1. The molecule has 0 aliphatic heterocycles. The van der Waals surface area contributed by atoms with Crippen molar-refractivity contribution in [1.29, 1.82) is 5.26 Å². The molecule has 2 N–H and O–H groups in total. The van der Waals surface area contributed by atoms with Crippen LogP contribution in [0, 0.1) is 11.3 Å². The van der Waals surface area contributed by atoms with Crippen molar-refractivity contribution in [3.8, 4) is 17.3 Å². The fraction of sp³-hybridized carbons (Fsp3) is 0.350. The van der Waals surface area contributed by atoms with Crippen molar-refractivity contribution in [2.75, 3.05) is 0 Å². The molecule has 6 heteroatoms. The van der Waals surface area contributed by atoms with Crippen LogP contribution in [-0.2, 0) is 4.79 Å². The second-order valence-corrected chi connectivity index (χ2v) is 6.98. The van der Waals surface area contributed by atoms with Crippen LogP contribution in [0.2, 0.25) is 5.02 Å². The predicted molar refractivity (Wildman–Crippen MR) is 102 cm³/mol. The molecule has 1 heterocycles. The normalized spacial score (nSPS) is 15.9. The van der Waals surface area contributed by atoms with E-state index >= 15 is 0 Å². The molecule has 0 bridgehead atoms. The zero-order chi connectivity index (χ0) is 18.4. The van der Waals surface area contributed by atoms with Crippen molar-refractivity contribution in [2.24, 2.45) is 0 Å². The molecular formula is C20H21ClN4O. The van der Waals surface area contributed by atoms with Crippen molar-refractivity contribution in [2.45, 2.75) is 44.6 Å². The van der Waals surface area contributed by atoms with Gasteiger partial charge in [-0.05, 0) is 31.1 Å². The smallest absolute Gasteiger partial charge is 0.262 e. The zero-order valence-corrected chi connectivity index (χ0v) is 15.2. The number of nitrogens with zero attached hydrogens (tertiary/aromatic N) is 2. The number of aromatic nitrogens is 2. The molecule has 3 rings (SSSR count). The molecule has 1 aliphatic rings. The SMILES string of the molecule is N#C/C(=C/c1cn[nH]c1-c1ccc(Cl)cc1)C(=O)NC1CCCCCC1. The van der Waals surface area contributed by atoms with Gasteiger partial charge in [-0.3, -0.25) is 9.89 Å². The van der Waals surface area contributed by atoms with Gasteiger partial charge in [0.2, 0.25) is 0 Å². The van der Waals surface area contributed by atoms with Gasteiger partial charge in [-0.25, -0.2) is 0 Å². The Labute approximate surface area is 158 Å². The van der Waals surface area contributed by atoms with Gasteiger partial charge in [-0.1, -0.05) is 49.4 Å². The van der Waals surface area contributed by atoms with E-state index in [9.17, 15) is 10.1 Å². The largest absolute Gasteiger partial charge is 0.349 e. The van der Waals surface area contributed by atoms with Crippen molar-refractivity contribution >= 4 is 23.6 Å². The summed E-state index contributed by atoms with van der Waals surface area (Å²) in [5.41, 5.74) is 2.42. The lowest BCUT2D eigenvalue weighted by atomic mass is 10.0. The maximum Gasteiger partial charge on any atom is 0.262 e. The van der Waals surface area contributed by atoms with Gasteiger partial charge in [-0.15, -0.1) is 0 Å². The van der Waals surface area contributed by atoms with Gasteiger partial charge in [0.1, 0.15) is 11.6 Å². The standard InChI is InChI=1S/C20H21ClN4O/c21-17-9-7-14(8-10-17)19-16(13-23-25-19)11-15(12-22)20(26)24-18-5-3-1-2-4-6-18/h7-11,13,18H,1-6H2,(H,23,25)(H,24,26)/b15-11-. The summed E-state index contributed by atoms with van der Waals surface area (Å²) in [6.07, 6.45) is 9.83. The highest BCUT2D eigenvalue weighted by molar-refractivity contribution is 6.30. The molecule has 0 atom stereocenters. The van der Waals surface area contributed by atoms with Crippen LogP contribution in [0.25, 0.3) is 17.3 Å². The molecule has 5 nitrogen and oxygen atoms in total. The number of amides is 1. The minimum absolute atomic E-state index is 0.0888. The lowest BCUT2D eigenvalue weighted by Crippen LogP contribution is -2.35. The number of aromatic amines is 1. The van der Waals surface area contributed by atoms with E-state index in [4.69, 9.17) is 11.6 Å². The van der Waals surface area contributed by atoms with Crippen molar-refractivity contribution in [1.82, 2.24) is 15.5 Å². The Balaban J connectivity index is 1.79. The minimum atomic E-state index is -0.317. The maximum absolute atomic E-state index is 12.5. The van der Waals surface area contributed by atoms with E-state index in [0.717, 1.165) is 36.9 Å². The Morgan fingerprint density at radius 1 is 1.23 bits per heavy atom. The van der Waals surface area contributed by atoms with Gasteiger partial charge in [0.15, 0.2) is 0 Å². The van der Waals surface area contributed by atoms with E-state index in [1.165, 1.54) is 12.8 Å². The number of H-pyrrole nitrogens is 1. The van der Waals surface area contributed by atoms with Crippen LogP contribution < -0.4 is 5.32 Å². The van der Waals surface area contributed by atoms with E-state index in [1.54, 1.807) is 24.4 Å². The van der Waals surface area contributed by atoms with Crippen molar-refractivity contribution in [3.63, 3.8) is 0 Å². The topological polar surface area (TPSA) is 81.6 Å². The number of hydrogen-bond donors (Lipinski definition) is 2. The molecule has 0 unspecified atom stereocenters. The number of hydrogen-bond acceptors (Lipinski definition) is 3. The highest BCUT2D eigenvalue weighted by Crippen LogP contribution is 2.25. The van der Waals surface area contributed by atoms with Crippen molar-refractivity contribution in [3.05, 3.63) is 46.6 Å². The first kappa shape index (κ1) is 18.2. The molecule has 134 valence electrons. The number of carbonyl (C=O) groups is 1. The molecule has 1 saturated carbocycles. The Morgan fingerprint density at radius 3 is 2.58 bits per heavy atom.